The molecule has 2 aromatic carbocycles. The van der Waals surface area contributed by atoms with Crippen molar-refractivity contribution in [1.82, 2.24) is 15.1 Å². The molecule has 0 aliphatic heterocycles. The van der Waals surface area contributed by atoms with Gasteiger partial charge < -0.3 is 10.1 Å². The maximum Gasteiger partial charge on any atom is 0.573 e. The van der Waals surface area contributed by atoms with Gasteiger partial charge >= 0.3 is 6.36 Å². The van der Waals surface area contributed by atoms with Gasteiger partial charge in [-0.3, -0.25) is 9.48 Å². The average Bonchev–Trinajstić information content (AvgIpc) is 3.02. The van der Waals surface area contributed by atoms with Crippen LogP contribution in [0, 0.1) is 0 Å². The number of nitrogens with one attached hydrogen (secondary N) is 1. The van der Waals surface area contributed by atoms with E-state index in [2.05, 4.69) is 15.2 Å². The minimum atomic E-state index is -4.73. The van der Waals surface area contributed by atoms with E-state index in [4.69, 9.17) is 0 Å². The first-order chi connectivity index (χ1) is 12.8. The van der Waals surface area contributed by atoms with Crippen molar-refractivity contribution in [2.24, 2.45) is 7.05 Å². The number of aryl methyl sites for hydroxylation is 1. The van der Waals surface area contributed by atoms with E-state index in [0.717, 1.165) is 5.56 Å². The molecule has 0 saturated carbocycles. The first-order valence-corrected chi connectivity index (χ1v) is 8.04. The molecule has 27 heavy (non-hydrogen) atoms. The third kappa shape index (κ3) is 4.87. The van der Waals surface area contributed by atoms with Crippen molar-refractivity contribution < 1.29 is 22.7 Å². The van der Waals surface area contributed by atoms with Crippen LogP contribution in [-0.4, -0.2) is 22.1 Å². The number of ether oxygens (including phenoxy) is 1. The molecule has 0 aliphatic carbocycles. The fourth-order valence-electron chi connectivity index (χ4n) is 2.51. The molecule has 8 heteroatoms. The third-order valence-electron chi connectivity index (χ3n) is 3.79. The number of alkyl halides is 3. The van der Waals surface area contributed by atoms with Crippen LogP contribution in [0.25, 0.3) is 11.3 Å². The summed E-state index contributed by atoms with van der Waals surface area (Å²) in [6.45, 7) is 0.164. The van der Waals surface area contributed by atoms with E-state index >= 15 is 0 Å². The Hall–Kier alpha value is -3.29. The standard InChI is InChI=1S/C19H16F3N3O2/c1-25-17(11-16(24-25)14-5-3-2-4-6-14)18(26)23-12-13-7-9-15(10-8-13)27-19(20,21)22/h2-11H,12H2,1H3,(H,23,26). The summed E-state index contributed by atoms with van der Waals surface area (Å²) in [7, 11) is 1.67. The van der Waals surface area contributed by atoms with E-state index in [1.807, 2.05) is 30.3 Å². The van der Waals surface area contributed by atoms with Crippen molar-refractivity contribution in [3.63, 3.8) is 0 Å². The quantitative estimate of drug-likeness (QED) is 0.736. The lowest BCUT2D eigenvalue weighted by Crippen LogP contribution is -2.25. The predicted molar refractivity (Wildman–Crippen MR) is 92.9 cm³/mol. The Bertz CT molecular complexity index is 920. The molecule has 1 amide bonds. The molecule has 3 aromatic rings. The Balaban J connectivity index is 1.64. The molecule has 0 fully saturated rings. The van der Waals surface area contributed by atoms with Crippen LogP contribution < -0.4 is 10.1 Å². The maximum absolute atomic E-state index is 12.4. The lowest BCUT2D eigenvalue weighted by molar-refractivity contribution is -0.274. The summed E-state index contributed by atoms with van der Waals surface area (Å²) in [5.41, 5.74) is 2.60. The van der Waals surface area contributed by atoms with Gasteiger partial charge in [0, 0.05) is 19.2 Å². The van der Waals surface area contributed by atoms with Crippen molar-refractivity contribution in [2.45, 2.75) is 12.9 Å². The van der Waals surface area contributed by atoms with Gasteiger partial charge in [0.05, 0.1) is 5.69 Å². The SMILES string of the molecule is Cn1nc(-c2ccccc2)cc1C(=O)NCc1ccc(OC(F)(F)F)cc1. The number of rotatable bonds is 5. The van der Waals surface area contributed by atoms with Crippen LogP contribution in [0.15, 0.2) is 60.7 Å². The van der Waals surface area contributed by atoms with Crippen molar-refractivity contribution >= 4 is 5.91 Å². The van der Waals surface area contributed by atoms with Crippen LogP contribution in [-0.2, 0) is 13.6 Å². The summed E-state index contributed by atoms with van der Waals surface area (Å²) in [6, 6.07) is 16.5. The van der Waals surface area contributed by atoms with Gasteiger partial charge in [0.2, 0.25) is 0 Å². The monoisotopic (exact) mass is 375 g/mol. The number of hydrogen-bond donors (Lipinski definition) is 1. The van der Waals surface area contributed by atoms with E-state index in [1.165, 1.54) is 28.9 Å². The van der Waals surface area contributed by atoms with Crippen LogP contribution in [0.1, 0.15) is 16.1 Å². The number of halogens is 3. The second-order valence-electron chi connectivity index (χ2n) is 5.78. The topological polar surface area (TPSA) is 56.2 Å². The fourth-order valence-corrected chi connectivity index (χ4v) is 2.51. The molecule has 0 unspecified atom stereocenters. The fraction of sp³-hybridized carbons (Fsp3) is 0.158. The van der Waals surface area contributed by atoms with Crippen molar-refractivity contribution in [1.29, 1.82) is 0 Å². The van der Waals surface area contributed by atoms with Crippen molar-refractivity contribution in [3.8, 4) is 17.0 Å². The minimum absolute atomic E-state index is 0.164. The van der Waals surface area contributed by atoms with Crippen molar-refractivity contribution in [3.05, 3.63) is 71.9 Å². The summed E-state index contributed by atoms with van der Waals surface area (Å²) >= 11 is 0. The number of carbonyl (C=O) groups excluding carboxylic acids is 1. The van der Waals surface area contributed by atoms with Crippen LogP contribution in [0.3, 0.4) is 0 Å². The Morgan fingerprint density at radius 2 is 1.78 bits per heavy atom. The molecule has 0 bridgehead atoms. The average molecular weight is 375 g/mol. The predicted octanol–water partition coefficient (Wildman–Crippen LogP) is 3.92. The number of benzene rings is 2. The highest BCUT2D eigenvalue weighted by Gasteiger charge is 2.30. The number of carbonyl (C=O) groups is 1. The summed E-state index contributed by atoms with van der Waals surface area (Å²) in [5.74, 6) is -0.639. The lowest BCUT2D eigenvalue weighted by atomic mass is 10.1. The molecule has 1 aromatic heterocycles. The van der Waals surface area contributed by atoms with Gasteiger partial charge in [0.25, 0.3) is 5.91 Å². The molecule has 0 aliphatic rings. The number of aromatic nitrogens is 2. The summed E-state index contributed by atoms with van der Waals surface area (Å²) in [4.78, 5) is 12.4. The van der Waals surface area contributed by atoms with Gasteiger partial charge in [-0.1, -0.05) is 42.5 Å². The van der Waals surface area contributed by atoms with E-state index in [9.17, 15) is 18.0 Å². The molecular weight excluding hydrogens is 359 g/mol. The van der Waals surface area contributed by atoms with E-state index in [1.54, 1.807) is 13.1 Å². The zero-order valence-corrected chi connectivity index (χ0v) is 14.3. The molecule has 3 rings (SSSR count). The Kier molecular flexibility index (Phi) is 5.16. The van der Waals surface area contributed by atoms with Gasteiger partial charge in [-0.25, -0.2) is 0 Å². The summed E-state index contributed by atoms with van der Waals surface area (Å²) in [6.07, 6.45) is -4.73. The number of amides is 1. The van der Waals surface area contributed by atoms with Crippen LogP contribution in [0.4, 0.5) is 13.2 Å². The third-order valence-corrected chi connectivity index (χ3v) is 3.79. The number of nitrogens with zero attached hydrogens (tertiary/aromatic N) is 2. The second-order valence-corrected chi connectivity index (χ2v) is 5.78. The van der Waals surface area contributed by atoms with Gasteiger partial charge in [-0.2, -0.15) is 5.10 Å². The van der Waals surface area contributed by atoms with Gasteiger partial charge in [-0.05, 0) is 23.8 Å². The highest BCUT2D eigenvalue weighted by Crippen LogP contribution is 2.23. The smallest absolute Gasteiger partial charge is 0.406 e. The molecule has 0 spiro atoms. The van der Waals surface area contributed by atoms with E-state index in [0.29, 0.717) is 17.0 Å². The Labute approximate surface area is 153 Å². The zero-order valence-electron chi connectivity index (χ0n) is 14.3. The van der Waals surface area contributed by atoms with Crippen LogP contribution in [0.5, 0.6) is 5.75 Å². The molecule has 140 valence electrons. The first kappa shape index (κ1) is 18.5. The normalized spacial score (nSPS) is 11.3. The Morgan fingerprint density at radius 3 is 2.41 bits per heavy atom. The second kappa shape index (κ2) is 7.53. The van der Waals surface area contributed by atoms with E-state index in [-0.39, 0.29) is 18.2 Å². The molecule has 1 N–H and O–H groups in total. The van der Waals surface area contributed by atoms with Gasteiger partial charge in [0.1, 0.15) is 11.4 Å². The summed E-state index contributed by atoms with van der Waals surface area (Å²) in [5, 5.41) is 7.06. The molecule has 5 nitrogen and oxygen atoms in total. The number of hydrogen-bond acceptors (Lipinski definition) is 3. The lowest BCUT2D eigenvalue weighted by Gasteiger charge is -2.09. The molecule has 0 saturated heterocycles. The highest BCUT2D eigenvalue weighted by atomic mass is 19.4. The molecular formula is C19H16F3N3O2. The molecule has 0 atom stereocenters. The largest absolute Gasteiger partial charge is 0.573 e. The van der Waals surface area contributed by atoms with Crippen LogP contribution in [0.2, 0.25) is 0 Å². The summed E-state index contributed by atoms with van der Waals surface area (Å²) < 4.78 is 41.8. The molecule has 0 radical (unpaired) electrons. The highest BCUT2D eigenvalue weighted by molar-refractivity contribution is 5.93. The Morgan fingerprint density at radius 1 is 1.11 bits per heavy atom. The van der Waals surface area contributed by atoms with Gasteiger partial charge in [0.15, 0.2) is 0 Å². The van der Waals surface area contributed by atoms with Gasteiger partial charge in [-0.15, -0.1) is 13.2 Å². The zero-order chi connectivity index (χ0) is 19.4. The van der Waals surface area contributed by atoms with E-state index < -0.39 is 6.36 Å². The van der Waals surface area contributed by atoms with Crippen LogP contribution >= 0.6 is 0 Å². The minimum Gasteiger partial charge on any atom is -0.406 e. The first-order valence-electron chi connectivity index (χ1n) is 8.04. The maximum atomic E-state index is 12.4. The van der Waals surface area contributed by atoms with Crippen molar-refractivity contribution in [2.75, 3.05) is 0 Å². The molecule has 1 heterocycles.